The summed E-state index contributed by atoms with van der Waals surface area (Å²) in [5.74, 6) is 2.34. The molecule has 0 spiro atoms. The fourth-order valence-electron chi connectivity index (χ4n) is 5.86. The number of hydrogen-bond acceptors (Lipinski definition) is 2. The van der Waals surface area contributed by atoms with Gasteiger partial charge in [-0.2, -0.15) is 0 Å². The van der Waals surface area contributed by atoms with Crippen molar-refractivity contribution in [3.8, 4) is 0 Å². The summed E-state index contributed by atoms with van der Waals surface area (Å²) >= 11 is 0. The third-order valence-corrected chi connectivity index (χ3v) is 6.25. The number of hydrogen-bond donors (Lipinski definition) is 2. The van der Waals surface area contributed by atoms with Crippen LogP contribution in [0.15, 0.2) is 30.3 Å². The Morgan fingerprint density at radius 3 is 2.00 bits per heavy atom. The zero-order valence-corrected chi connectivity index (χ0v) is 14.1. The maximum atomic E-state index is 12.4. The molecule has 0 atom stereocenters. The van der Waals surface area contributed by atoms with E-state index in [0.29, 0.717) is 12.8 Å². The van der Waals surface area contributed by atoms with Crippen molar-refractivity contribution in [1.29, 1.82) is 0 Å². The summed E-state index contributed by atoms with van der Waals surface area (Å²) in [7, 11) is 0. The fraction of sp³-hybridized carbons (Fsp3) is 0.600. The second-order valence-corrected chi connectivity index (χ2v) is 8.35. The fourth-order valence-corrected chi connectivity index (χ4v) is 5.86. The Kier molecular flexibility index (Phi) is 4.07. The van der Waals surface area contributed by atoms with Crippen LogP contribution in [0.4, 0.5) is 0 Å². The normalized spacial score (nSPS) is 33.2. The van der Waals surface area contributed by atoms with Gasteiger partial charge in [-0.15, -0.1) is 0 Å². The molecule has 0 radical (unpaired) electrons. The third kappa shape index (κ3) is 3.33. The monoisotopic (exact) mass is 326 g/mol. The van der Waals surface area contributed by atoms with Crippen molar-refractivity contribution in [2.45, 2.75) is 51.4 Å². The number of carbonyl (C=O) groups excluding carboxylic acids is 2. The predicted octanol–water partition coefficient (Wildman–Crippen LogP) is 2.98. The highest BCUT2D eigenvalue weighted by molar-refractivity contribution is 5.83. The summed E-state index contributed by atoms with van der Waals surface area (Å²) in [5.41, 5.74) is 6.37. The zero-order valence-electron chi connectivity index (χ0n) is 14.1. The quantitative estimate of drug-likeness (QED) is 0.836. The van der Waals surface area contributed by atoms with Crippen LogP contribution >= 0.6 is 0 Å². The van der Waals surface area contributed by atoms with Gasteiger partial charge >= 0.3 is 0 Å². The second kappa shape index (κ2) is 6.23. The molecule has 4 fully saturated rings. The van der Waals surface area contributed by atoms with Crippen LogP contribution in [-0.2, 0) is 16.0 Å². The number of amides is 2. The molecule has 4 aliphatic carbocycles. The van der Waals surface area contributed by atoms with Crippen LogP contribution in [0, 0.1) is 23.2 Å². The van der Waals surface area contributed by atoms with Crippen molar-refractivity contribution in [1.82, 2.24) is 10.9 Å². The molecule has 5 rings (SSSR count). The van der Waals surface area contributed by atoms with Gasteiger partial charge in [-0.25, -0.2) is 0 Å². The number of hydrazine groups is 1. The van der Waals surface area contributed by atoms with E-state index in [4.69, 9.17) is 0 Å². The van der Waals surface area contributed by atoms with Crippen LogP contribution in [0.25, 0.3) is 0 Å². The van der Waals surface area contributed by atoms with Gasteiger partial charge in [-0.1, -0.05) is 30.3 Å². The van der Waals surface area contributed by atoms with E-state index in [9.17, 15) is 9.59 Å². The zero-order chi connectivity index (χ0) is 16.6. The molecule has 1 aromatic carbocycles. The molecule has 4 heteroatoms. The number of benzene rings is 1. The van der Waals surface area contributed by atoms with Crippen molar-refractivity contribution in [3.05, 3.63) is 35.9 Å². The van der Waals surface area contributed by atoms with E-state index >= 15 is 0 Å². The van der Waals surface area contributed by atoms with Crippen molar-refractivity contribution in [3.63, 3.8) is 0 Å². The first-order valence-corrected chi connectivity index (χ1v) is 9.22. The molecule has 4 nitrogen and oxygen atoms in total. The van der Waals surface area contributed by atoms with Crippen LogP contribution in [0.2, 0.25) is 0 Å². The average molecular weight is 326 g/mol. The highest BCUT2D eigenvalue weighted by Crippen LogP contribution is 2.61. The summed E-state index contributed by atoms with van der Waals surface area (Å²) in [6.07, 6.45) is 8.65. The van der Waals surface area contributed by atoms with Gasteiger partial charge in [-0.3, -0.25) is 20.4 Å². The highest BCUT2D eigenvalue weighted by Gasteiger charge is 2.51. The number of carbonyl (C=O) groups is 2. The van der Waals surface area contributed by atoms with E-state index in [0.717, 1.165) is 23.3 Å². The summed E-state index contributed by atoms with van der Waals surface area (Å²) < 4.78 is 0. The van der Waals surface area contributed by atoms with Crippen LogP contribution in [0.5, 0.6) is 0 Å². The van der Waals surface area contributed by atoms with Crippen LogP contribution < -0.4 is 10.9 Å². The SMILES string of the molecule is O=C(Cc1ccccc1)NNC(=O)CC12CC3CC(CC(C3)C1)C2. The van der Waals surface area contributed by atoms with Gasteiger partial charge in [-0.05, 0) is 67.3 Å². The van der Waals surface area contributed by atoms with Crippen molar-refractivity contribution in [2.24, 2.45) is 23.2 Å². The van der Waals surface area contributed by atoms with Crippen LogP contribution in [-0.4, -0.2) is 11.8 Å². The predicted molar refractivity (Wildman–Crippen MR) is 91.7 cm³/mol. The molecule has 0 aromatic heterocycles. The molecule has 0 heterocycles. The van der Waals surface area contributed by atoms with Gasteiger partial charge in [0.1, 0.15) is 0 Å². The second-order valence-electron chi connectivity index (χ2n) is 8.35. The molecule has 1 aromatic rings. The van der Waals surface area contributed by atoms with E-state index in [1.165, 1.54) is 38.5 Å². The Labute approximate surface area is 143 Å². The molecule has 4 saturated carbocycles. The van der Waals surface area contributed by atoms with E-state index in [1.807, 2.05) is 30.3 Å². The lowest BCUT2D eigenvalue weighted by Crippen LogP contribution is -2.50. The number of nitrogens with one attached hydrogen (secondary N) is 2. The van der Waals surface area contributed by atoms with E-state index in [2.05, 4.69) is 10.9 Å². The summed E-state index contributed by atoms with van der Waals surface area (Å²) in [4.78, 5) is 24.3. The Bertz CT molecular complexity index is 591. The van der Waals surface area contributed by atoms with E-state index in [1.54, 1.807) is 0 Å². The highest BCUT2D eigenvalue weighted by atomic mass is 16.2. The average Bonchev–Trinajstić information content (AvgIpc) is 2.52. The minimum atomic E-state index is -0.167. The smallest absolute Gasteiger partial charge is 0.242 e. The van der Waals surface area contributed by atoms with Gasteiger partial charge < -0.3 is 0 Å². The lowest BCUT2D eigenvalue weighted by molar-refractivity contribution is -0.134. The maximum Gasteiger partial charge on any atom is 0.242 e. The van der Waals surface area contributed by atoms with E-state index < -0.39 is 0 Å². The molecular weight excluding hydrogens is 300 g/mol. The standard InChI is InChI=1S/C20H26N2O2/c23-18(9-14-4-2-1-3-5-14)21-22-19(24)13-20-10-15-6-16(11-20)8-17(7-15)12-20/h1-5,15-17H,6-13H2,(H,21,23)(H,22,24). The first kappa shape index (κ1) is 15.7. The molecule has 2 amide bonds. The molecule has 0 unspecified atom stereocenters. The molecule has 4 aliphatic rings. The minimum Gasteiger partial charge on any atom is -0.273 e. The van der Waals surface area contributed by atoms with E-state index in [-0.39, 0.29) is 17.2 Å². The van der Waals surface area contributed by atoms with Crippen LogP contribution in [0.1, 0.15) is 50.5 Å². The Morgan fingerprint density at radius 2 is 1.42 bits per heavy atom. The van der Waals surface area contributed by atoms with Crippen molar-refractivity contribution in [2.75, 3.05) is 0 Å². The molecule has 4 bridgehead atoms. The molecule has 128 valence electrons. The molecule has 0 saturated heterocycles. The topological polar surface area (TPSA) is 58.2 Å². The molecule has 0 aliphatic heterocycles. The van der Waals surface area contributed by atoms with Crippen molar-refractivity contribution < 1.29 is 9.59 Å². The summed E-state index contributed by atoms with van der Waals surface area (Å²) in [6.45, 7) is 0. The molecule has 2 N–H and O–H groups in total. The Morgan fingerprint density at radius 1 is 0.875 bits per heavy atom. The Balaban J connectivity index is 1.27. The lowest BCUT2D eigenvalue weighted by atomic mass is 9.49. The Hall–Kier alpha value is -1.84. The van der Waals surface area contributed by atoms with Gasteiger partial charge in [0.05, 0.1) is 6.42 Å². The minimum absolute atomic E-state index is 0.0293. The molecular formula is C20H26N2O2. The third-order valence-electron chi connectivity index (χ3n) is 6.25. The first-order valence-electron chi connectivity index (χ1n) is 9.22. The van der Waals surface area contributed by atoms with Crippen LogP contribution in [0.3, 0.4) is 0 Å². The summed E-state index contributed by atoms with van der Waals surface area (Å²) in [5, 5.41) is 0. The van der Waals surface area contributed by atoms with Gasteiger partial charge in [0.2, 0.25) is 11.8 Å². The van der Waals surface area contributed by atoms with Gasteiger partial charge in [0, 0.05) is 6.42 Å². The first-order chi connectivity index (χ1) is 11.6. The van der Waals surface area contributed by atoms with Gasteiger partial charge in [0.25, 0.3) is 0 Å². The van der Waals surface area contributed by atoms with Gasteiger partial charge in [0.15, 0.2) is 0 Å². The maximum absolute atomic E-state index is 12.4. The number of rotatable bonds is 4. The lowest BCUT2D eigenvalue weighted by Gasteiger charge is -2.56. The summed E-state index contributed by atoms with van der Waals surface area (Å²) in [6, 6.07) is 9.57. The van der Waals surface area contributed by atoms with Crippen molar-refractivity contribution >= 4 is 11.8 Å². The molecule has 24 heavy (non-hydrogen) atoms. The largest absolute Gasteiger partial charge is 0.273 e.